The van der Waals surface area contributed by atoms with E-state index in [0.29, 0.717) is 31.1 Å². The Balaban J connectivity index is 1.47. The summed E-state index contributed by atoms with van der Waals surface area (Å²) in [4.78, 5) is 49.2. The molecule has 3 amide bonds. The van der Waals surface area contributed by atoms with Gasteiger partial charge in [0, 0.05) is 13.0 Å². The van der Waals surface area contributed by atoms with Gasteiger partial charge in [0.15, 0.2) is 0 Å². The highest BCUT2D eigenvalue weighted by molar-refractivity contribution is 5.92. The molecule has 8 heteroatoms. The summed E-state index contributed by atoms with van der Waals surface area (Å²) < 4.78 is 0. The molecule has 1 aromatic heterocycles. The molecular formula is C29H37N5O3. The number of amides is 3. The van der Waals surface area contributed by atoms with Gasteiger partial charge in [-0.05, 0) is 49.8 Å². The summed E-state index contributed by atoms with van der Waals surface area (Å²) in [6, 6.07) is 16.2. The zero-order valence-electron chi connectivity index (χ0n) is 21.9. The van der Waals surface area contributed by atoms with Crippen LogP contribution >= 0.6 is 0 Å². The fraction of sp³-hybridized carbons (Fsp3) is 0.448. The van der Waals surface area contributed by atoms with Gasteiger partial charge in [0.05, 0.1) is 29.5 Å². The number of carbonyl (C=O) groups is 3. The van der Waals surface area contributed by atoms with E-state index < -0.39 is 18.0 Å². The van der Waals surface area contributed by atoms with Crippen LogP contribution in [-0.4, -0.2) is 45.2 Å². The highest BCUT2D eigenvalue weighted by atomic mass is 16.2. The molecule has 1 fully saturated rings. The van der Waals surface area contributed by atoms with Gasteiger partial charge in [-0.2, -0.15) is 0 Å². The lowest BCUT2D eigenvalue weighted by Gasteiger charge is -2.28. The molecule has 4 rings (SSSR count). The molecule has 3 N–H and O–H groups in total. The van der Waals surface area contributed by atoms with Crippen LogP contribution in [0.4, 0.5) is 0 Å². The summed E-state index contributed by atoms with van der Waals surface area (Å²) in [7, 11) is 0. The van der Waals surface area contributed by atoms with E-state index in [2.05, 4.69) is 20.6 Å². The van der Waals surface area contributed by atoms with Crippen LogP contribution in [0.5, 0.6) is 0 Å². The zero-order valence-corrected chi connectivity index (χ0v) is 21.9. The molecule has 0 aliphatic carbocycles. The Morgan fingerprint density at radius 2 is 1.76 bits per heavy atom. The van der Waals surface area contributed by atoms with E-state index in [-0.39, 0.29) is 24.3 Å². The normalized spacial score (nSPS) is 17.1. The molecule has 2 heterocycles. The molecule has 1 aliphatic rings. The van der Waals surface area contributed by atoms with E-state index in [1.165, 1.54) is 0 Å². The van der Waals surface area contributed by atoms with E-state index >= 15 is 0 Å². The lowest BCUT2D eigenvalue weighted by atomic mass is 10.0. The number of carbonyl (C=O) groups excluding carboxylic acids is 3. The number of para-hydroxylation sites is 2. The Kier molecular flexibility index (Phi) is 8.58. The van der Waals surface area contributed by atoms with Crippen LogP contribution in [0.3, 0.4) is 0 Å². The van der Waals surface area contributed by atoms with Crippen LogP contribution in [0.2, 0.25) is 0 Å². The van der Waals surface area contributed by atoms with Crippen LogP contribution < -0.4 is 10.6 Å². The van der Waals surface area contributed by atoms with Gasteiger partial charge in [0.2, 0.25) is 17.7 Å². The van der Waals surface area contributed by atoms with Crippen molar-refractivity contribution in [3.05, 3.63) is 66.0 Å². The standard InChI is InChI=1S/C29H37N5O3/c1-19(2)15-16-26(35)31-24(18-27(36)34-17-9-14-25(34)21-10-5-4-6-11-21)29(37)30-20(3)28-32-22-12-7-8-13-23(22)33-28/h4-8,10-13,19-20,24-25H,9,14-18H2,1-3H3,(H,30,37)(H,31,35)(H,32,33)/t20-,24?,25?/m0/s1. The second-order valence-corrected chi connectivity index (χ2v) is 10.3. The first kappa shape index (κ1) is 26.4. The Labute approximate surface area is 218 Å². The van der Waals surface area contributed by atoms with Gasteiger partial charge in [-0.1, -0.05) is 56.3 Å². The van der Waals surface area contributed by atoms with Gasteiger partial charge in [-0.15, -0.1) is 0 Å². The molecule has 1 saturated heterocycles. The molecule has 0 radical (unpaired) electrons. The summed E-state index contributed by atoms with van der Waals surface area (Å²) in [5.41, 5.74) is 2.79. The molecule has 3 aromatic rings. The molecule has 0 bridgehead atoms. The third-order valence-electron chi connectivity index (χ3n) is 6.91. The minimum absolute atomic E-state index is 0.0106. The first-order valence-corrected chi connectivity index (χ1v) is 13.2. The van der Waals surface area contributed by atoms with Gasteiger partial charge < -0.3 is 20.5 Å². The fourth-order valence-corrected chi connectivity index (χ4v) is 4.83. The SMILES string of the molecule is CC(C)CCC(=O)NC(CC(=O)N1CCCC1c1ccccc1)C(=O)N[C@@H](C)c1nc2ccccc2[nH]1. The van der Waals surface area contributed by atoms with E-state index in [1.54, 1.807) is 0 Å². The predicted octanol–water partition coefficient (Wildman–Crippen LogP) is 4.41. The highest BCUT2D eigenvalue weighted by Gasteiger charge is 2.33. The largest absolute Gasteiger partial charge is 0.345 e. The van der Waals surface area contributed by atoms with Crippen LogP contribution in [0.1, 0.15) is 76.3 Å². The summed E-state index contributed by atoms with van der Waals surface area (Å²) in [5, 5.41) is 5.78. The van der Waals surface area contributed by atoms with Gasteiger partial charge in [-0.25, -0.2) is 4.98 Å². The van der Waals surface area contributed by atoms with Crippen molar-refractivity contribution in [3.63, 3.8) is 0 Å². The summed E-state index contributed by atoms with van der Waals surface area (Å²) >= 11 is 0. The number of benzene rings is 2. The molecule has 2 aromatic carbocycles. The van der Waals surface area contributed by atoms with Crippen LogP contribution in [-0.2, 0) is 14.4 Å². The quantitative estimate of drug-likeness (QED) is 0.381. The Morgan fingerprint density at radius 1 is 1.03 bits per heavy atom. The lowest BCUT2D eigenvalue weighted by molar-refractivity contribution is -0.137. The molecule has 0 saturated carbocycles. The molecule has 0 spiro atoms. The van der Waals surface area contributed by atoms with Crippen LogP contribution in [0.15, 0.2) is 54.6 Å². The Hall–Kier alpha value is -3.68. The number of hydrogen-bond donors (Lipinski definition) is 3. The Morgan fingerprint density at radius 3 is 2.49 bits per heavy atom. The maximum atomic E-state index is 13.4. The Bertz CT molecular complexity index is 1190. The van der Waals surface area contributed by atoms with E-state index in [1.807, 2.05) is 80.3 Å². The molecule has 3 atom stereocenters. The molecule has 196 valence electrons. The number of H-pyrrole nitrogens is 1. The molecule has 2 unspecified atom stereocenters. The van der Waals surface area contributed by atoms with Crippen molar-refractivity contribution in [3.8, 4) is 0 Å². The minimum Gasteiger partial charge on any atom is -0.345 e. The number of hydrogen-bond acceptors (Lipinski definition) is 4. The highest BCUT2D eigenvalue weighted by Crippen LogP contribution is 2.32. The van der Waals surface area contributed by atoms with E-state index in [0.717, 1.165) is 29.4 Å². The molecule has 37 heavy (non-hydrogen) atoms. The number of aromatic nitrogens is 2. The summed E-state index contributed by atoms with van der Waals surface area (Å²) in [6.45, 7) is 6.57. The van der Waals surface area contributed by atoms with Gasteiger partial charge >= 0.3 is 0 Å². The van der Waals surface area contributed by atoms with Gasteiger partial charge in [0.1, 0.15) is 11.9 Å². The van der Waals surface area contributed by atoms with Crippen molar-refractivity contribution < 1.29 is 14.4 Å². The number of rotatable bonds is 10. The van der Waals surface area contributed by atoms with Gasteiger partial charge in [-0.3, -0.25) is 14.4 Å². The molecular weight excluding hydrogens is 466 g/mol. The number of aromatic amines is 1. The maximum Gasteiger partial charge on any atom is 0.243 e. The molecule has 8 nitrogen and oxygen atoms in total. The first-order chi connectivity index (χ1) is 17.8. The number of nitrogens with zero attached hydrogens (tertiary/aromatic N) is 2. The van der Waals surface area contributed by atoms with Crippen molar-refractivity contribution in [2.75, 3.05) is 6.54 Å². The number of imidazole rings is 1. The minimum atomic E-state index is -0.962. The predicted molar refractivity (Wildman–Crippen MR) is 143 cm³/mol. The lowest BCUT2D eigenvalue weighted by Crippen LogP contribution is -2.50. The third-order valence-corrected chi connectivity index (χ3v) is 6.91. The molecule has 1 aliphatic heterocycles. The van der Waals surface area contributed by atoms with Crippen molar-refractivity contribution in [2.24, 2.45) is 5.92 Å². The van der Waals surface area contributed by atoms with Crippen LogP contribution in [0.25, 0.3) is 11.0 Å². The summed E-state index contributed by atoms with van der Waals surface area (Å²) in [5.74, 6) is 0.235. The second kappa shape index (κ2) is 12.0. The van der Waals surface area contributed by atoms with Crippen molar-refractivity contribution >= 4 is 28.8 Å². The van der Waals surface area contributed by atoms with Gasteiger partial charge in [0.25, 0.3) is 0 Å². The third kappa shape index (κ3) is 6.76. The monoisotopic (exact) mass is 503 g/mol. The first-order valence-electron chi connectivity index (χ1n) is 13.2. The van der Waals surface area contributed by atoms with E-state index in [9.17, 15) is 14.4 Å². The average Bonchev–Trinajstić information content (AvgIpc) is 3.55. The van der Waals surface area contributed by atoms with Crippen molar-refractivity contribution in [2.45, 2.75) is 71.0 Å². The van der Waals surface area contributed by atoms with Crippen LogP contribution in [0, 0.1) is 5.92 Å². The zero-order chi connectivity index (χ0) is 26.4. The van der Waals surface area contributed by atoms with Crippen molar-refractivity contribution in [1.29, 1.82) is 0 Å². The number of nitrogens with one attached hydrogen (secondary N) is 3. The summed E-state index contributed by atoms with van der Waals surface area (Å²) in [6.07, 6.45) is 2.73. The maximum absolute atomic E-state index is 13.4. The number of likely N-dealkylation sites (tertiary alicyclic amines) is 1. The fourth-order valence-electron chi connectivity index (χ4n) is 4.83. The van der Waals surface area contributed by atoms with Crippen molar-refractivity contribution in [1.82, 2.24) is 25.5 Å². The topological polar surface area (TPSA) is 107 Å². The number of fused-ring (bicyclic) bond motifs is 1. The van der Waals surface area contributed by atoms with E-state index in [4.69, 9.17) is 0 Å². The smallest absolute Gasteiger partial charge is 0.243 e. The second-order valence-electron chi connectivity index (χ2n) is 10.3. The average molecular weight is 504 g/mol.